The largest absolute Gasteiger partial charge is 0.396 e. The van der Waals surface area contributed by atoms with Gasteiger partial charge in [-0.1, -0.05) is 13.3 Å². The highest BCUT2D eigenvalue weighted by molar-refractivity contribution is 7.90. The third kappa shape index (κ3) is 5.16. The summed E-state index contributed by atoms with van der Waals surface area (Å²) in [5, 5.41) is 12.1. The Labute approximate surface area is 115 Å². The van der Waals surface area contributed by atoms with E-state index < -0.39 is 9.84 Å². The number of pyridine rings is 1. The number of aromatic nitrogens is 1. The molecule has 1 atom stereocenters. The van der Waals surface area contributed by atoms with Crippen LogP contribution in [0.3, 0.4) is 0 Å². The minimum atomic E-state index is -3.28. The second kappa shape index (κ2) is 7.45. The van der Waals surface area contributed by atoms with Gasteiger partial charge in [0.2, 0.25) is 0 Å². The maximum atomic E-state index is 11.6. The minimum Gasteiger partial charge on any atom is -0.396 e. The van der Waals surface area contributed by atoms with Gasteiger partial charge in [-0.3, -0.25) is 0 Å². The lowest BCUT2D eigenvalue weighted by Crippen LogP contribution is -2.18. The van der Waals surface area contributed by atoms with Gasteiger partial charge in [0.15, 0.2) is 9.84 Å². The molecule has 0 aromatic carbocycles. The van der Waals surface area contributed by atoms with Crippen LogP contribution < -0.4 is 5.32 Å². The van der Waals surface area contributed by atoms with Crippen LogP contribution in [0, 0.1) is 5.92 Å². The van der Waals surface area contributed by atoms with Crippen molar-refractivity contribution in [1.29, 1.82) is 0 Å². The smallest absolute Gasteiger partial charge is 0.179 e. The Bertz CT molecular complexity index is 482. The van der Waals surface area contributed by atoms with Crippen LogP contribution in [0.5, 0.6) is 0 Å². The van der Waals surface area contributed by atoms with Crippen molar-refractivity contribution in [2.45, 2.75) is 31.1 Å². The minimum absolute atomic E-state index is 0.146. The second-order valence-corrected chi connectivity index (χ2v) is 6.65. The normalized spacial score (nSPS) is 13.2. The lowest BCUT2D eigenvalue weighted by atomic mass is 10.0. The summed E-state index contributed by atoms with van der Waals surface area (Å²) < 4.78 is 23.3. The molecule has 6 heteroatoms. The topological polar surface area (TPSA) is 79.3 Å². The van der Waals surface area contributed by atoms with Crippen molar-refractivity contribution in [3.05, 3.63) is 18.3 Å². The fourth-order valence-electron chi connectivity index (χ4n) is 2.00. The Balaban J connectivity index is 2.77. The first-order valence-electron chi connectivity index (χ1n) is 6.48. The average molecular weight is 286 g/mol. The molecular weight excluding hydrogens is 264 g/mol. The summed E-state index contributed by atoms with van der Waals surface area (Å²) in [4.78, 5) is 4.30. The molecule has 5 nitrogen and oxygen atoms in total. The van der Waals surface area contributed by atoms with Gasteiger partial charge in [0.1, 0.15) is 10.7 Å². The molecule has 0 aliphatic carbocycles. The van der Waals surface area contributed by atoms with E-state index in [1.807, 2.05) is 0 Å². The molecule has 1 aromatic rings. The highest BCUT2D eigenvalue weighted by Gasteiger charge is 2.15. The second-order valence-electron chi connectivity index (χ2n) is 4.67. The maximum absolute atomic E-state index is 11.6. The molecule has 0 aliphatic heterocycles. The van der Waals surface area contributed by atoms with E-state index in [0.29, 0.717) is 24.7 Å². The summed E-state index contributed by atoms with van der Waals surface area (Å²) in [7, 11) is -3.28. The van der Waals surface area contributed by atoms with Crippen molar-refractivity contribution in [3.63, 3.8) is 0 Å². The van der Waals surface area contributed by atoms with Crippen LogP contribution in [-0.4, -0.2) is 37.9 Å². The van der Waals surface area contributed by atoms with Gasteiger partial charge in [0, 0.05) is 25.6 Å². The zero-order chi connectivity index (χ0) is 14.3. The summed E-state index contributed by atoms with van der Waals surface area (Å²) in [6.07, 6.45) is 5.48. The van der Waals surface area contributed by atoms with Crippen LogP contribution in [0.1, 0.15) is 26.2 Å². The molecule has 19 heavy (non-hydrogen) atoms. The van der Waals surface area contributed by atoms with Gasteiger partial charge in [0.05, 0.1) is 0 Å². The van der Waals surface area contributed by atoms with E-state index in [4.69, 9.17) is 5.11 Å². The van der Waals surface area contributed by atoms with E-state index >= 15 is 0 Å². The third-order valence-electron chi connectivity index (χ3n) is 2.96. The first-order valence-corrected chi connectivity index (χ1v) is 8.38. The maximum Gasteiger partial charge on any atom is 0.179 e. The van der Waals surface area contributed by atoms with E-state index in [1.54, 1.807) is 18.3 Å². The van der Waals surface area contributed by atoms with Gasteiger partial charge in [0.25, 0.3) is 0 Å². The van der Waals surface area contributed by atoms with Gasteiger partial charge in [-0.15, -0.1) is 0 Å². The fraction of sp³-hybridized carbons (Fsp3) is 0.615. The molecule has 0 aliphatic rings. The van der Waals surface area contributed by atoms with Crippen LogP contribution >= 0.6 is 0 Å². The molecule has 0 spiro atoms. The van der Waals surface area contributed by atoms with Crippen LogP contribution in [0.25, 0.3) is 0 Å². The number of hydrogen-bond acceptors (Lipinski definition) is 5. The molecule has 1 heterocycles. The summed E-state index contributed by atoms with van der Waals surface area (Å²) in [5.74, 6) is 0.716. The molecule has 1 unspecified atom stereocenters. The number of aliphatic hydroxyl groups is 1. The molecule has 2 N–H and O–H groups in total. The third-order valence-corrected chi connectivity index (χ3v) is 4.09. The Morgan fingerprint density at radius 1 is 1.42 bits per heavy atom. The summed E-state index contributed by atoms with van der Waals surface area (Å²) in [6.45, 7) is 2.86. The van der Waals surface area contributed by atoms with E-state index in [-0.39, 0.29) is 11.5 Å². The van der Waals surface area contributed by atoms with Crippen molar-refractivity contribution in [1.82, 2.24) is 4.98 Å². The predicted molar refractivity (Wildman–Crippen MR) is 75.9 cm³/mol. The van der Waals surface area contributed by atoms with Gasteiger partial charge in [-0.2, -0.15) is 0 Å². The SMILES string of the molecule is CCCC(CCO)CNc1ncccc1S(C)(=O)=O. The van der Waals surface area contributed by atoms with E-state index in [0.717, 1.165) is 12.8 Å². The first kappa shape index (κ1) is 15.9. The highest BCUT2D eigenvalue weighted by atomic mass is 32.2. The molecule has 0 saturated heterocycles. The zero-order valence-electron chi connectivity index (χ0n) is 11.5. The Hall–Kier alpha value is -1.14. The molecule has 1 aromatic heterocycles. The molecule has 1 rings (SSSR count). The van der Waals surface area contributed by atoms with Crippen molar-refractivity contribution < 1.29 is 13.5 Å². The summed E-state index contributed by atoms with van der Waals surface area (Å²) in [6, 6.07) is 3.16. The van der Waals surface area contributed by atoms with Gasteiger partial charge in [-0.05, 0) is 30.9 Å². The number of anilines is 1. The predicted octanol–water partition coefficient (Wildman–Crippen LogP) is 1.70. The Morgan fingerprint density at radius 3 is 2.74 bits per heavy atom. The molecule has 0 bridgehead atoms. The molecule has 108 valence electrons. The average Bonchev–Trinajstić information content (AvgIpc) is 2.36. The van der Waals surface area contributed by atoms with Crippen LogP contribution in [0.15, 0.2) is 23.2 Å². The van der Waals surface area contributed by atoms with Crippen molar-refractivity contribution in [2.75, 3.05) is 24.7 Å². The lowest BCUT2D eigenvalue weighted by Gasteiger charge is -2.17. The molecule has 0 fully saturated rings. The molecule has 0 amide bonds. The zero-order valence-corrected chi connectivity index (χ0v) is 12.3. The van der Waals surface area contributed by atoms with Crippen LogP contribution in [0.2, 0.25) is 0 Å². The van der Waals surface area contributed by atoms with Gasteiger partial charge >= 0.3 is 0 Å². The number of rotatable bonds is 8. The fourth-order valence-corrected chi connectivity index (χ4v) is 2.80. The monoisotopic (exact) mass is 286 g/mol. The number of aliphatic hydroxyl groups excluding tert-OH is 1. The molecule has 0 saturated carbocycles. The van der Waals surface area contributed by atoms with Gasteiger partial charge < -0.3 is 10.4 Å². The quantitative estimate of drug-likeness (QED) is 0.760. The Kier molecular flexibility index (Phi) is 6.24. The lowest BCUT2D eigenvalue weighted by molar-refractivity contribution is 0.255. The van der Waals surface area contributed by atoms with E-state index in [1.165, 1.54) is 6.26 Å². The van der Waals surface area contributed by atoms with Crippen molar-refractivity contribution in [3.8, 4) is 0 Å². The highest BCUT2D eigenvalue weighted by Crippen LogP contribution is 2.19. The standard InChI is InChI=1S/C13H22N2O3S/c1-3-5-11(7-9-16)10-15-13-12(19(2,17)18)6-4-8-14-13/h4,6,8,11,16H,3,5,7,9-10H2,1-2H3,(H,14,15). The number of hydrogen-bond donors (Lipinski definition) is 2. The first-order chi connectivity index (χ1) is 8.99. The summed E-state index contributed by atoms with van der Waals surface area (Å²) >= 11 is 0. The van der Waals surface area contributed by atoms with Crippen LogP contribution in [0.4, 0.5) is 5.82 Å². The van der Waals surface area contributed by atoms with Gasteiger partial charge in [-0.25, -0.2) is 13.4 Å². The van der Waals surface area contributed by atoms with E-state index in [9.17, 15) is 8.42 Å². The molecule has 0 radical (unpaired) electrons. The van der Waals surface area contributed by atoms with Crippen LogP contribution in [-0.2, 0) is 9.84 Å². The number of nitrogens with one attached hydrogen (secondary N) is 1. The molecular formula is C13H22N2O3S. The summed E-state index contributed by atoms with van der Waals surface area (Å²) in [5.41, 5.74) is 0. The van der Waals surface area contributed by atoms with Crippen molar-refractivity contribution in [2.24, 2.45) is 5.92 Å². The van der Waals surface area contributed by atoms with E-state index in [2.05, 4.69) is 17.2 Å². The number of sulfone groups is 1. The number of nitrogens with zero attached hydrogens (tertiary/aromatic N) is 1. The Morgan fingerprint density at radius 2 is 2.16 bits per heavy atom. The van der Waals surface area contributed by atoms with Crippen molar-refractivity contribution >= 4 is 15.7 Å².